The molecule has 2 aliphatic rings. The summed E-state index contributed by atoms with van der Waals surface area (Å²) in [6, 6.07) is 0.622. The Morgan fingerprint density at radius 3 is 2.36 bits per heavy atom. The molecule has 1 saturated heterocycles. The quantitative estimate of drug-likeness (QED) is 0.798. The average Bonchev–Trinajstić information content (AvgIpc) is 2.44. The Morgan fingerprint density at radius 2 is 1.77 bits per heavy atom. The molecule has 2 atom stereocenters. The topological polar surface area (TPSA) is 58.4 Å². The van der Waals surface area contributed by atoms with Crippen LogP contribution in [0.5, 0.6) is 0 Å². The fourth-order valence-electron chi connectivity index (χ4n) is 3.63. The van der Waals surface area contributed by atoms with Gasteiger partial charge in [0.05, 0.1) is 0 Å². The first-order valence-electron chi connectivity index (χ1n) is 8.46. The van der Waals surface area contributed by atoms with Gasteiger partial charge < -0.3 is 16.0 Å². The lowest BCUT2D eigenvalue weighted by Gasteiger charge is -2.33. The van der Waals surface area contributed by atoms with E-state index >= 15 is 0 Å². The number of nitrogens with zero attached hydrogens (tertiary/aromatic N) is 1. The van der Waals surface area contributed by atoms with E-state index < -0.39 is 0 Å². The molecule has 1 saturated carbocycles. The van der Waals surface area contributed by atoms with Gasteiger partial charge in [-0.1, -0.05) is 19.8 Å². The summed E-state index contributed by atoms with van der Waals surface area (Å²) in [7, 11) is 0. The molecule has 1 amide bonds. The lowest BCUT2D eigenvalue weighted by atomic mass is 9.83. The van der Waals surface area contributed by atoms with Gasteiger partial charge in [-0.3, -0.25) is 4.79 Å². The third-order valence-corrected chi connectivity index (χ3v) is 4.91. The first-order chi connectivity index (χ1) is 9.69. The van der Waals surface area contributed by atoms with Crippen LogP contribution in [0.1, 0.15) is 58.3 Å². The molecule has 3 N–H and O–H groups in total. The number of likely N-dealkylation sites (tertiary alicyclic amines) is 1. The van der Waals surface area contributed by atoms with Crippen LogP contribution >= 0.6 is 24.8 Å². The first-order valence-corrected chi connectivity index (χ1v) is 8.46. The number of halogens is 2. The smallest absolute Gasteiger partial charge is 0.220 e. The van der Waals surface area contributed by atoms with Crippen molar-refractivity contribution in [2.45, 2.75) is 70.4 Å². The molecule has 0 spiro atoms. The van der Waals surface area contributed by atoms with E-state index in [0.717, 1.165) is 38.8 Å². The molecule has 0 radical (unpaired) electrons. The molecule has 6 heteroatoms. The monoisotopic (exact) mass is 353 g/mol. The van der Waals surface area contributed by atoms with Gasteiger partial charge in [-0.05, 0) is 44.6 Å². The molecule has 0 aromatic heterocycles. The van der Waals surface area contributed by atoms with Gasteiger partial charge in [0.1, 0.15) is 0 Å². The Morgan fingerprint density at radius 1 is 1.14 bits per heavy atom. The standard InChI is InChI=1S/C16H31N3O.2ClH/c1-2-9-19-10-7-14(8-11-19)18-16(20)12-13-5-3-4-6-15(13)17;;/h13-15H,2-12,17H2,1H3,(H,18,20);2*1H. The van der Waals surface area contributed by atoms with Crippen LogP contribution in [0.15, 0.2) is 0 Å². The van der Waals surface area contributed by atoms with Crippen molar-refractivity contribution in [2.75, 3.05) is 19.6 Å². The van der Waals surface area contributed by atoms with Crippen LogP contribution in [-0.2, 0) is 4.79 Å². The summed E-state index contributed by atoms with van der Waals surface area (Å²) in [5.41, 5.74) is 6.13. The Balaban J connectivity index is 0.00000220. The van der Waals surface area contributed by atoms with Crippen LogP contribution in [-0.4, -0.2) is 42.5 Å². The average molecular weight is 354 g/mol. The van der Waals surface area contributed by atoms with Gasteiger partial charge in [-0.25, -0.2) is 0 Å². The molecule has 1 aliphatic carbocycles. The maximum absolute atomic E-state index is 12.2. The minimum Gasteiger partial charge on any atom is -0.353 e. The molecular formula is C16H33Cl2N3O. The highest BCUT2D eigenvalue weighted by atomic mass is 35.5. The second-order valence-corrected chi connectivity index (χ2v) is 6.60. The number of amides is 1. The van der Waals surface area contributed by atoms with Crippen molar-refractivity contribution < 1.29 is 4.79 Å². The SMILES string of the molecule is CCCN1CCC(NC(=O)CC2CCCCC2N)CC1.Cl.Cl. The fourth-order valence-corrected chi connectivity index (χ4v) is 3.63. The van der Waals surface area contributed by atoms with Crippen molar-refractivity contribution in [3.05, 3.63) is 0 Å². The van der Waals surface area contributed by atoms with Crippen LogP contribution in [0, 0.1) is 5.92 Å². The van der Waals surface area contributed by atoms with Gasteiger partial charge in [0.15, 0.2) is 0 Å². The van der Waals surface area contributed by atoms with Gasteiger partial charge in [0, 0.05) is 31.6 Å². The second-order valence-electron chi connectivity index (χ2n) is 6.60. The zero-order valence-corrected chi connectivity index (χ0v) is 15.4. The summed E-state index contributed by atoms with van der Waals surface area (Å²) in [5, 5.41) is 3.23. The highest BCUT2D eigenvalue weighted by Gasteiger charge is 2.26. The predicted octanol–water partition coefficient (Wildman–Crippen LogP) is 2.73. The minimum atomic E-state index is 0. The predicted molar refractivity (Wildman–Crippen MR) is 96.9 cm³/mol. The number of carbonyl (C=O) groups is 1. The summed E-state index contributed by atoms with van der Waals surface area (Å²) < 4.78 is 0. The van der Waals surface area contributed by atoms with Crippen LogP contribution in [0.3, 0.4) is 0 Å². The van der Waals surface area contributed by atoms with Crippen LogP contribution in [0.25, 0.3) is 0 Å². The molecule has 2 unspecified atom stereocenters. The molecule has 0 aromatic carbocycles. The zero-order chi connectivity index (χ0) is 14.4. The van der Waals surface area contributed by atoms with Crippen molar-refractivity contribution in [1.29, 1.82) is 0 Å². The highest BCUT2D eigenvalue weighted by Crippen LogP contribution is 2.25. The summed E-state index contributed by atoms with van der Waals surface area (Å²) >= 11 is 0. The number of hydrogen-bond acceptors (Lipinski definition) is 3. The van der Waals surface area contributed by atoms with E-state index in [4.69, 9.17) is 5.73 Å². The molecular weight excluding hydrogens is 321 g/mol. The highest BCUT2D eigenvalue weighted by molar-refractivity contribution is 5.85. The van der Waals surface area contributed by atoms with Crippen LogP contribution < -0.4 is 11.1 Å². The maximum Gasteiger partial charge on any atom is 0.220 e. The second kappa shape index (κ2) is 11.5. The van der Waals surface area contributed by atoms with Crippen molar-refractivity contribution in [3.63, 3.8) is 0 Å². The molecule has 132 valence electrons. The molecule has 2 rings (SSSR count). The Bertz CT molecular complexity index is 310. The van der Waals surface area contributed by atoms with E-state index in [0.29, 0.717) is 18.4 Å². The van der Waals surface area contributed by atoms with Crippen LogP contribution in [0.2, 0.25) is 0 Å². The third-order valence-electron chi connectivity index (χ3n) is 4.91. The van der Waals surface area contributed by atoms with Gasteiger partial charge >= 0.3 is 0 Å². The molecule has 22 heavy (non-hydrogen) atoms. The summed E-state index contributed by atoms with van der Waals surface area (Å²) in [6.45, 7) is 5.67. The van der Waals surface area contributed by atoms with E-state index in [9.17, 15) is 4.79 Å². The fraction of sp³-hybridized carbons (Fsp3) is 0.938. The zero-order valence-electron chi connectivity index (χ0n) is 13.8. The molecule has 1 aliphatic heterocycles. The largest absolute Gasteiger partial charge is 0.353 e. The van der Waals surface area contributed by atoms with Crippen molar-refractivity contribution in [2.24, 2.45) is 11.7 Å². The number of rotatable bonds is 5. The van der Waals surface area contributed by atoms with Gasteiger partial charge in [-0.15, -0.1) is 24.8 Å². The van der Waals surface area contributed by atoms with Crippen LogP contribution in [0.4, 0.5) is 0 Å². The Hall–Kier alpha value is -0.0300. The van der Waals surface area contributed by atoms with Gasteiger partial charge in [0.25, 0.3) is 0 Å². The molecule has 0 bridgehead atoms. The summed E-state index contributed by atoms with van der Waals surface area (Å²) in [6.07, 6.45) is 8.74. The molecule has 1 heterocycles. The Labute approximate surface area is 147 Å². The molecule has 4 nitrogen and oxygen atoms in total. The van der Waals surface area contributed by atoms with Crippen molar-refractivity contribution in [3.8, 4) is 0 Å². The van der Waals surface area contributed by atoms with E-state index in [1.807, 2.05) is 0 Å². The summed E-state index contributed by atoms with van der Waals surface area (Å²) in [4.78, 5) is 14.7. The third kappa shape index (κ3) is 7.03. The van der Waals surface area contributed by atoms with Gasteiger partial charge in [0.2, 0.25) is 5.91 Å². The molecule has 2 fully saturated rings. The van der Waals surface area contributed by atoms with Crippen molar-refractivity contribution in [1.82, 2.24) is 10.2 Å². The number of hydrogen-bond donors (Lipinski definition) is 2. The first kappa shape index (κ1) is 22.0. The lowest BCUT2D eigenvalue weighted by molar-refractivity contribution is -0.123. The number of nitrogens with two attached hydrogens (primary N) is 1. The maximum atomic E-state index is 12.2. The van der Waals surface area contributed by atoms with E-state index in [1.54, 1.807) is 0 Å². The molecule has 0 aromatic rings. The van der Waals surface area contributed by atoms with E-state index in [-0.39, 0.29) is 36.8 Å². The Kier molecular flexibility index (Phi) is 11.5. The summed E-state index contributed by atoms with van der Waals surface area (Å²) in [5.74, 6) is 0.630. The van der Waals surface area contributed by atoms with E-state index in [1.165, 1.54) is 25.8 Å². The number of nitrogens with one attached hydrogen (secondary N) is 1. The van der Waals surface area contributed by atoms with Gasteiger partial charge in [-0.2, -0.15) is 0 Å². The van der Waals surface area contributed by atoms with E-state index in [2.05, 4.69) is 17.1 Å². The van der Waals surface area contributed by atoms with Crippen molar-refractivity contribution >= 4 is 30.7 Å². The normalized spacial score (nSPS) is 26.6. The number of piperidine rings is 1. The minimum absolute atomic E-state index is 0. The number of carbonyl (C=O) groups excluding carboxylic acids is 1. The lowest BCUT2D eigenvalue weighted by Crippen LogP contribution is -2.46.